The molecule has 0 atom stereocenters. The van der Waals surface area contributed by atoms with Gasteiger partial charge >= 0.3 is 7.12 Å². The summed E-state index contributed by atoms with van der Waals surface area (Å²) < 4.78 is 1.49. The minimum absolute atomic E-state index is 0.217. The Morgan fingerprint density at radius 2 is 1.97 bits per heavy atom. The van der Waals surface area contributed by atoms with E-state index in [1.807, 2.05) is 20.2 Å². The zero-order chi connectivity index (χ0) is 22.8. The Labute approximate surface area is 183 Å². The standard InChI is InChI=1S/C20H21BN8O3/c1-28(2)19-18(23-10-12-5-3-6-13(9-12)21(31)32)25-20(27-26-19)29-16-8-4-7-14(17(22)30)15(16)11-24-29/h3-9,11,31-32H,10H2,1-2H3,(H2,22,30)(H,23,25,27). The third kappa shape index (κ3) is 4.09. The molecule has 162 valence electrons. The number of benzene rings is 2. The highest BCUT2D eigenvalue weighted by atomic mass is 16.4. The highest BCUT2D eigenvalue weighted by molar-refractivity contribution is 6.58. The number of nitrogens with two attached hydrogens (primary N) is 1. The molecule has 0 saturated carbocycles. The van der Waals surface area contributed by atoms with E-state index in [0.29, 0.717) is 40.1 Å². The number of carbonyl (C=O) groups is 1. The van der Waals surface area contributed by atoms with Gasteiger partial charge in [0.25, 0.3) is 5.95 Å². The maximum atomic E-state index is 11.7. The van der Waals surface area contributed by atoms with Crippen molar-refractivity contribution < 1.29 is 14.8 Å². The highest BCUT2D eigenvalue weighted by Gasteiger charge is 2.17. The molecule has 0 fully saturated rings. The second-order valence-corrected chi connectivity index (χ2v) is 7.31. The summed E-state index contributed by atoms with van der Waals surface area (Å²) in [4.78, 5) is 18.1. The second kappa shape index (κ2) is 8.61. The molecule has 2 aromatic heterocycles. The van der Waals surface area contributed by atoms with Crippen molar-refractivity contribution in [3.05, 3.63) is 59.8 Å². The number of fused-ring (bicyclic) bond motifs is 1. The van der Waals surface area contributed by atoms with Gasteiger partial charge in [0, 0.05) is 26.0 Å². The largest absolute Gasteiger partial charge is 0.488 e. The minimum Gasteiger partial charge on any atom is -0.423 e. The van der Waals surface area contributed by atoms with Crippen LogP contribution in [0.2, 0.25) is 0 Å². The molecule has 5 N–H and O–H groups in total. The molecule has 2 heterocycles. The van der Waals surface area contributed by atoms with E-state index < -0.39 is 13.0 Å². The van der Waals surface area contributed by atoms with Crippen molar-refractivity contribution in [2.75, 3.05) is 24.3 Å². The van der Waals surface area contributed by atoms with Crippen molar-refractivity contribution in [3.63, 3.8) is 0 Å². The number of primary amides is 1. The second-order valence-electron chi connectivity index (χ2n) is 7.31. The van der Waals surface area contributed by atoms with E-state index in [1.165, 1.54) is 10.9 Å². The van der Waals surface area contributed by atoms with Gasteiger partial charge < -0.3 is 26.0 Å². The fraction of sp³-hybridized carbons (Fsp3) is 0.150. The molecule has 0 radical (unpaired) electrons. The van der Waals surface area contributed by atoms with Crippen LogP contribution in [0.3, 0.4) is 0 Å². The molecule has 32 heavy (non-hydrogen) atoms. The highest BCUT2D eigenvalue weighted by Crippen LogP contribution is 2.23. The van der Waals surface area contributed by atoms with Crippen LogP contribution in [0.1, 0.15) is 15.9 Å². The number of carbonyl (C=O) groups excluding carboxylic acids is 1. The predicted molar refractivity (Wildman–Crippen MR) is 121 cm³/mol. The Balaban J connectivity index is 1.70. The zero-order valence-electron chi connectivity index (χ0n) is 17.5. The van der Waals surface area contributed by atoms with E-state index in [1.54, 1.807) is 41.3 Å². The summed E-state index contributed by atoms with van der Waals surface area (Å²) in [5.74, 6) is 0.648. The van der Waals surface area contributed by atoms with Crippen LogP contribution in [-0.2, 0) is 6.54 Å². The fourth-order valence-corrected chi connectivity index (χ4v) is 3.30. The lowest BCUT2D eigenvalue weighted by molar-refractivity contribution is 0.100. The van der Waals surface area contributed by atoms with Crippen molar-refractivity contribution in [2.45, 2.75) is 6.54 Å². The number of aromatic nitrogens is 5. The lowest BCUT2D eigenvalue weighted by atomic mass is 9.80. The normalized spacial score (nSPS) is 10.9. The van der Waals surface area contributed by atoms with Crippen molar-refractivity contribution >= 4 is 41.0 Å². The lowest BCUT2D eigenvalue weighted by Gasteiger charge is -2.16. The molecule has 0 saturated heterocycles. The van der Waals surface area contributed by atoms with Crippen LogP contribution in [0.15, 0.2) is 48.7 Å². The van der Waals surface area contributed by atoms with E-state index in [-0.39, 0.29) is 5.95 Å². The summed E-state index contributed by atoms with van der Waals surface area (Å²) in [6.07, 6.45) is 1.54. The number of nitrogens with zero attached hydrogens (tertiary/aromatic N) is 6. The van der Waals surface area contributed by atoms with Crippen LogP contribution in [0, 0.1) is 0 Å². The molecule has 0 spiro atoms. The topological polar surface area (TPSA) is 155 Å². The Bertz CT molecular complexity index is 1290. The van der Waals surface area contributed by atoms with Crippen LogP contribution in [0.4, 0.5) is 11.6 Å². The Hall–Kier alpha value is -4.03. The predicted octanol–water partition coefficient (Wildman–Crippen LogP) is -0.333. The summed E-state index contributed by atoms with van der Waals surface area (Å²) in [6, 6.07) is 12.1. The molecular weight excluding hydrogens is 411 g/mol. The van der Waals surface area contributed by atoms with Crippen LogP contribution in [0.5, 0.6) is 0 Å². The molecule has 2 aromatic carbocycles. The minimum atomic E-state index is -1.54. The van der Waals surface area contributed by atoms with E-state index >= 15 is 0 Å². The molecular formula is C20H21BN8O3. The smallest absolute Gasteiger partial charge is 0.423 e. The SMILES string of the molecule is CN(C)c1nnc(-n2ncc3c(C(N)=O)cccc32)nc1NCc1cccc(B(O)O)c1. The summed E-state index contributed by atoms with van der Waals surface area (Å²) in [6.45, 7) is 0.366. The van der Waals surface area contributed by atoms with E-state index in [0.717, 1.165) is 5.56 Å². The summed E-state index contributed by atoms with van der Waals surface area (Å²) in [5, 5.41) is 35.4. The van der Waals surface area contributed by atoms with Gasteiger partial charge in [-0.05, 0) is 23.2 Å². The van der Waals surface area contributed by atoms with Crippen LogP contribution in [0.25, 0.3) is 16.9 Å². The summed E-state index contributed by atoms with van der Waals surface area (Å²) in [5.41, 5.74) is 7.67. The summed E-state index contributed by atoms with van der Waals surface area (Å²) >= 11 is 0. The Morgan fingerprint density at radius 3 is 2.69 bits per heavy atom. The van der Waals surface area contributed by atoms with Crippen molar-refractivity contribution in [1.29, 1.82) is 0 Å². The summed E-state index contributed by atoms with van der Waals surface area (Å²) in [7, 11) is 2.10. The van der Waals surface area contributed by atoms with Crippen LogP contribution >= 0.6 is 0 Å². The van der Waals surface area contributed by atoms with Crippen molar-refractivity contribution in [1.82, 2.24) is 25.0 Å². The first-order valence-electron chi connectivity index (χ1n) is 9.73. The van der Waals surface area contributed by atoms with Gasteiger partial charge in [-0.15, -0.1) is 10.2 Å². The van der Waals surface area contributed by atoms with E-state index in [4.69, 9.17) is 5.73 Å². The van der Waals surface area contributed by atoms with Crippen molar-refractivity contribution in [2.24, 2.45) is 5.73 Å². The third-order valence-corrected chi connectivity index (χ3v) is 4.86. The molecule has 0 aliphatic heterocycles. The third-order valence-electron chi connectivity index (χ3n) is 4.86. The average molecular weight is 432 g/mol. The molecule has 0 aliphatic rings. The van der Waals surface area contributed by atoms with E-state index in [9.17, 15) is 14.8 Å². The first kappa shape index (κ1) is 21.2. The van der Waals surface area contributed by atoms with Crippen LogP contribution < -0.4 is 21.4 Å². The number of anilines is 2. The lowest BCUT2D eigenvalue weighted by Crippen LogP contribution is -2.30. The van der Waals surface area contributed by atoms with Gasteiger partial charge in [-0.25, -0.2) is 0 Å². The molecule has 0 unspecified atom stereocenters. The number of hydrogen-bond acceptors (Lipinski definition) is 9. The van der Waals surface area contributed by atoms with Crippen molar-refractivity contribution in [3.8, 4) is 5.95 Å². The Morgan fingerprint density at radius 1 is 1.19 bits per heavy atom. The quantitative estimate of drug-likeness (QED) is 0.287. The van der Waals surface area contributed by atoms with Gasteiger partial charge in [-0.3, -0.25) is 4.79 Å². The molecule has 12 heteroatoms. The van der Waals surface area contributed by atoms with Crippen LogP contribution in [-0.4, -0.2) is 62.1 Å². The average Bonchev–Trinajstić information content (AvgIpc) is 3.21. The molecule has 0 bridgehead atoms. The maximum Gasteiger partial charge on any atom is 0.488 e. The maximum absolute atomic E-state index is 11.7. The van der Waals surface area contributed by atoms with Gasteiger partial charge in [-0.1, -0.05) is 30.3 Å². The number of hydrogen-bond donors (Lipinski definition) is 4. The van der Waals surface area contributed by atoms with Gasteiger partial charge in [0.05, 0.1) is 17.3 Å². The van der Waals surface area contributed by atoms with Gasteiger partial charge in [0.2, 0.25) is 5.91 Å². The first-order chi connectivity index (χ1) is 15.3. The van der Waals surface area contributed by atoms with Gasteiger partial charge in [0.1, 0.15) is 0 Å². The fourth-order valence-electron chi connectivity index (χ4n) is 3.30. The zero-order valence-corrected chi connectivity index (χ0v) is 17.5. The van der Waals surface area contributed by atoms with Gasteiger partial charge in [0.15, 0.2) is 11.6 Å². The molecule has 4 aromatic rings. The molecule has 0 aliphatic carbocycles. The number of rotatable bonds is 7. The number of nitrogens with one attached hydrogen (secondary N) is 1. The number of amides is 1. The Kier molecular flexibility index (Phi) is 5.71. The monoisotopic (exact) mass is 432 g/mol. The first-order valence-corrected chi connectivity index (χ1v) is 9.73. The molecule has 11 nitrogen and oxygen atoms in total. The molecule has 1 amide bonds. The van der Waals surface area contributed by atoms with E-state index in [2.05, 4.69) is 25.6 Å². The van der Waals surface area contributed by atoms with Gasteiger partial charge in [-0.2, -0.15) is 14.8 Å². The molecule has 4 rings (SSSR count).